The molecule has 0 saturated heterocycles. The van der Waals surface area contributed by atoms with Crippen molar-refractivity contribution in [3.63, 3.8) is 0 Å². The van der Waals surface area contributed by atoms with Gasteiger partial charge >= 0.3 is 11.9 Å². The van der Waals surface area contributed by atoms with E-state index in [1.54, 1.807) is 18.3 Å². The molecule has 3 N–H and O–H groups in total. The van der Waals surface area contributed by atoms with Crippen LogP contribution >= 0.6 is 0 Å². The molecule has 2 aromatic heterocycles. The first kappa shape index (κ1) is 19.5. The molecule has 0 bridgehead atoms. The Kier molecular flexibility index (Phi) is 5.83. The van der Waals surface area contributed by atoms with Gasteiger partial charge in [-0.2, -0.15) is 4.98 Å². The molecule has 10 nitrogen and oxygen atoms in total. The number of benzene rings is 1. The molecule has 1 aromatic carbocycles. The van der Waals surface area contributed by atoms with Crippen molar-refractivity contribution in [3.05, 3.63) is 60.2 Å². The second-order valence-corrected chi connectivity index (χ2v) is 5.64. The number of hydrogen-bond donors (Lipinski definition) is 2. The second-order valence-electron chi connectivity index (χ2n) is 5.64. The molecule has 0 atom stereocenters. The van der Waals surface area contributed by atoms with Crippen molar-refractivity contribution in [2.45, 2.75) is 0 Å². The largest absolute Gasteiger partial charge is 0.465 e. The van der Waals surface area contributed by atoms with Crippen LogP contribution in [-0.2, 0) is 9.47 Å². The minimum absolute atomic E-state index is 0.118. The van der Waals surface area contributed by atoms with Crippen LogP contribution in [0.3, 0.4) is 0 Å². The average Bonchev–Trinajstić information content (AvgIpc) is 2.75. The van der Waals surface area contributed by atoms with Gasteiger partial charge in [-0.1, -0.05) is 0 Å². The molecule has 0 aliphatic carbocycles. The maximum absolute atomic E-state index is 11.9. The number of nitrogens with one attached hydrogen (secondary N) is 1. The molecule has 0 unspecified atom stereocenters. The number of rotatable bonds is 6. The molecule has 0 spiro atoms. The highest BCUT2D eigenvalue weighted by Crippen LogP contribution is 2.31. The van der Waals surface area contributed by atoms with Crippen LogP contribution < -0.4 is 15.8 Å². The summed E-state index contributed by atoms with van der Waals surface area (Å²) in [6, 6.07) is 7.74. The van der Waals surface area contributed by atoms with Crippen LogP contribution in [-0.4, -0.2) is 41.1 Å². The lowest BCUT2D eigenvalue weighted by molar-refractivity contribution is 0.0599. The average molecular weight is 395 g/mol. The molecule has 0 saturated carbocycles. The number of ether oxygens (including phenoxy) is 3. The molecule has 148 valence electrons. The zero-order chi connectivity index (χ0) is 20.8. The maximum Gasteiger partial charge on any atom is 0.337 e. The van der Waals surface area contributed by atoms with E-state index in [-0.39, 0.29) is 28.5 Å². The number of carbonyl (C=O) groups excluding carboxylic acids is 2. The number of pyridine rings is 1. The molecule has 0 amide bonds. The van der Waals surface area contributed by atoms with Gasteiger partial charge in [-0.3, -0.25) is 4.98 Å². The van der Waals surface area contributed by atoms with Crippen LogP contribution in [0.25, 0.3) is 0 Å². The Hall–Kier alpha value is -4.21. The monoisotopic (exact) mass is 395 g/mol. The van der Waals surface area contributed by atoms with Gasteiger partial charge in [-0.25, -0.2) is 14.6 Å². The number of esters is 2. The van der Waals surface area contributed by atoms with E-state index in [2.05, 4.69) is 20.3 Å². The highest BCUT2D eigenvalue weighted by Gasteiger charge is 2.16. The number of nitrogen functional groups attached to an aromatic ring is 1. The van der Waals surface area contributed by atoms with Crippen LogP contribution in [0.2, 0.25) is 0 Å². The molecule has 2 heterocycles. The van der Waals surface area contributed by atoms with E-state index in [4.69, 9.17) is 19.9 Å². The van der Waals surface area contributed by atoms with Crippen molar-refractivity contribution in [3.8, 4) is 11.6 Å². The van der Waals surface area contributed by atoms with E-state index in [1.165, 1.54) is 44.9 Å². The SMILES string of the molecule is COC(=O)c1cc(Nc2ncnc(Oc3cccnc3)c2N)cc(C(=O)OC)c1. The predicted octanol–water partition coefficient (Wildman–Crippen LogP) is 2.56. The summed E-state index contributed by atoms with van der Waals surface area (Å²) < 4.78 is 15.1. The fourth-order valence-corrected chi connectivity index (χ4v) is 2.39. The summed E-state index contributed by atoms with van der Waals surface area (Å²) in [7, 11) is 2.48. The van der Waals surface area contributed by atoms with Gasteiger partial charge in [0.1, 0.15) is 17.8 Å². The van der Waals surface area contributed by atoms with Crippen LogP contribution in [0, 0.1) is 0 Å². The number of anilines is 3. The van der Waals surface area contributed by atoms with Gasteiger partial charge in [0.2, 0.25) is 5.88 Å². The van der Waals surface area contributed by atoms with E-state index in [1.807, 2.05) is 0 Å². The van der Waals surface area contributed by atoms with Crippen molar-refractivity contribution in [1.29, 1.82) is 0 Å². The molecular weight excluding hydrogens is 378 g/mol. The first-order valence-electron chi connectivity index (χ1n) is 8.29. The van der Waals surface area contributed by atoms with Crippen molar-refractivity contribution in [1.82, 2.24) is 15.0 Å². The zero-order valence-electron chi connectivity index (χ0n) is 15.6. The van der Waals surface area contributed by atoms with Crippen molar-refractivity contribution < 1.29 is 23.8 Å². The van der Waals surface area contributed by atoms with Gasteiger partial charge in [0.25, 0.3) is 0 Å². The molecule has 3 rings (SSSR count). The molecule has 0 aliphatic heterocycles. The highest BCUT2D eigenvalue weighted by atomic mass is 16.5. The van der Waals surface area contributed by atoms with Crippen LogP contribution in [0.5, 0.6) is 11.6 Å². The Morgan fingerprint density at radius 3 is 2.31 bits per heavy atom. The van der Waals surface area contributed by atoms with Gasteiger partial charge in [0.15, 0.2) is 5.82 Å². The lowest BCUT2D eigenvalue weighted by Crippen LogP contribution is -2.09. The summed E-state index contributed by atoms with van der Waals surface area (Å²) in [5, 5.41) is 2.95. The Balaban J connectivity index is 1.94. The third kappa shape index (κ3) is 4.56. The molecule has 0 radical (unpaired) electrons. The fourth-order valence-electron chi connectivity index (χ4n) is 2.39. The molecule has 10 heteroatoms. The lowest BCUT2D eigenvalue weighted by atomic mass is 10.1. The fraction of sp³-hybridized carbons (Fsp3) is 0.105. The molecule has 3 aromatic rings. The first-order chi connectivity index (χ1) is 14.0. The van der Waals surface area contributed by atoms with Gasteiger partial charge in [-0.05, 0) is 30.3 Å². The predicted molar refractivity (Wildman–Crippen MR) is 103 cm³/mol. The second kappa shape index (κ2) is 8.65. The number of nitrogens with zero attached hydrogens (tertiary/aromatic N) is 3. The Labute approximate surface area is 165 Å². The minimum atomic E-state index is -0.616. The number of hydrogen-bond acceptors (Lipinski definition) is 10. The maximum atomic E-state index is 11.9. The van der Waals surface area contributed by atoms with E-state index in [0.717, 1.165) is 0 Å². The molecule has 29 heavy (non-hydrogen) atoms. The Morgan fingerprint density at radius 2 is 1.72 bits per heavy atom. The zero-order valence-corrected chi connectivity index (χ0v) is 15.6. The summed E-state index contributed by atoms with van der Waals surface area (Å²) in [6.45, 7) is 0. The van der Waals surface area contributed by atoms with E-state index in [0.29, 0.717) is 11.4 Å². The third-order valence-corrected chi connectivity index (χ3v) is 3.73. The third-order valence-electron chi connectivity index (χ3n) is 3.73. The van der Waals surface area contributed by atoms with Gasteiger partial charge < -0.3 is 25.3 Å². The summed E-state index contributed by atoms with van der Waals surface area (Å²) >= 11 is 0. The summed E-state index contributed by atoms with van der Waals surface area (Å²) in [5.41, 5.74) is 6.90. The number of methoxy groups -OCH3 is 2. The smallest absolute Gasteiger partial charge is 0.337 e. The topological polar surface area (TPSA) is 139 Å². The first-order valence-corrected chi connectivity index (χ1v) is 8.29. The number of aromatic nitrogens is 3. The molecule has 0 fully saturated rings. The highest BCUT2D eigenvalue weighted by molar-refractivity contribution is 5.97. The van der Waals surface area contributed by atoms with E-state index in [9.17, 15) is 9.59 Å². The summed E-state index contributed by atoms with van der Waals surface area (Å²) in [6.07, 6.45) is 4.38. The quantitative estimate of drug-likeness (QED) is 0.599. The van der Waals surface area contributed by atoms with Gasteiger partial charge in [0, 0.05) is 11.9 Å². The van der Waals surface area contributed by atoms with Gasteiger partial charge in [0.05, 0.1) is 31.5 Å². The Bertz CT molecular complexity index is 1010. The van der Waals surface area contributed by atoms with Crippen molar-refractivity contribution in [2.24, 2.45) is 0 Å². The van der Waals surface area contributed by atoms with E-state index >= 15 is 0 Å². The van der Waals surface area contributed by atoms with Crippen LogP contribution in [0.4, 0.5) is 17.2 Å². The van der Waals surface area contributed by atoms with Crippen molar-refractivity contribution >= 4 is 29.1 Å². The molecular formula is C19H17N5O5. The summed E-state index contributed by atoms with van der Waals surface area (Å²) in [4.78, 5) is 35.9. The Morgan fingerprint density at radius 1 is 1.03 bits per heavy atom. The standard InChI is InChI=1S/C19H17N5O5/c1-27-18(25)11-6-12(19(26)28-2)8-13(7-11)24-16-15(20)17(23-10-22-16)29-14-4-3-5-21-9-14/h3-10H,20H2,1-2H3,(H,22,23,24). The van der Waals surface area contributed by atoms with Crippen LogP contribution in [0.1, 0.15) is 20.7 Å². The minimum Gasteiger partial charge on any atom is -0.465 e. The van der Waals surface area contributed by atoms with Gasteiger partial charge in [-0.15, -0.1) is 0 Å². The van der Waals surface area contributed by atoms with E-state index < -0.39 is 11.9 Å². The number of nitrogens with two attached hydrogens (primary N) is 1. The van der Waals surface area contributed by atoms with Crippen LogP contribution in [0.15, 0.2) is 49.1 Å². The summed E-state index contributed by atoms with van der Waals surface area (Å²) in [5.74, 6) is -0.445. The normalized spacial score (nSPS) is 10.1. The lowest BCUT2D eigenvalue weighted by Gasteiger charge is -2.13. The molecule has 0 aliphatic rings. The van der Waals surface area contributed by atoms with Crippen molar-refractivity contribution in [2.75, 3.05) is 25.3 Å². The number of carbonyl (C=O) groups is 2.